The molecular weight excluding hydrogens is 1700 g/mol. The van der Waals surface area contributed by atoms with Gasteiger partial charge >= 0.3 is 17.6 Å². The molecule has 4 amide bonds. The van der Waals surface area contributed by atoms with Crippen molar-refractivity contribution in [3.8, 4) is 45.9 Å². The van der Waals surface area contributed by atoms with Crippen LogP contribution in [0.4, 0.5) is 11.5 Å². The number of aryl methyl sites for hydroxylation is 5. The van der Waals surface area contributed by atoms with E-state index in [9.17, 15) is 43.5 Å². The number of hydrazone groups is 1. The van der Waals surface area contributed by atoms with Gasteiger partial charge in [0.15, 0.2) is 17.3 Å². The van der Waals surface area contributed by atoms with Crippen LogP contribution in [-0.4, -0.2) is 166 Å². The second-order valence-corrected chi connectivity index (χ2v) is 34.5. The molecule has 6 aliphatic rings. The molecule has 2 saturated heterocycles. The topological polar surface area (TPSA) is 335 Å². The van der Waals surface area contributed by atoms with Crippen LogP contribution in [0.25, 0.3) is 38.9 Å². The van der Waals surface area contributed by atoms with Crippen molar-refractivity contribution < 1.29 is 71.1 Å². The van der Waals surface area contributed by atoms with Crippen molar-refractivity contribution in [2.75, 3.05) is 84.2 Å². The number of ether oxygens (including phenoxy) is 6. The molecule has 690 valence electrons. The number of methoxy groups -OCH3 is 3. The molecule has 28 nitrogen and oxygen atoms in total. The van der Waals surface area contributed by atoms with E-state index in [0.29, 0.717) is 104 Å². The van der Waals surface area contributed by atoms with Gasteiger partial charge in [-0.2, -0.15) is 15.3 Å². The maximum absolute atomic E-state index is 13.8. The Morgan fingerprint density at radius 1 is 0.657 bits per heavy atom. The zero-order valence-corrected chi connectivity index (χ0v) is 76.6. The van der Waals surface area contributed by atoms with E-state index in [1.165, 1.54) is 53.6 Å². The van der Waals surface area contributed by atoms with Crippen molar-refractivity contribution >= 4 is 74.7 Å². The smallest absolute Gasteiger partial charge is 0.344 e. The number of nitrogens with one attached hydrogen (secondary N) is 2. The number of hydrogen-bond donors (Lipinski definition) is 3. The molecule has 13 aromatic rings. The van der Waals surface area contributed by atoms with E-state index in [1.54, 1.807) is 95.6 Å². The first-order valence-corrected chi connectivity index (χ1v) is 45.6. The van der Waals surface area contributed by atoms with Crippen LogP contribution < -0.4 is 40.2 Å². The van der Waals surface area contributed by atoms with Crippen molar-refractivity contribution in [1.29, 1.82) is 0 Å². The van der Waals surface area contributed by atoms with Crippen molar-refractivity contribution in [2.24, 2.45) is 16.4 Å². The van der Waals surface area contributed by atoms with Crippen molar-refractivity contribution in [1.82, 2.24) is 39.8 Å². The molecule has 0 bridgehead atoms. The minimum Gasteiger partial charge on any atom is -0.507 e. The average molecular weight is 1810 g/mol. The summed E-state index contributed by atoms with van der Waals surface area (Å²) in [6.07, 6.45) is 8.52. The van der Waals surface area contributed by atoms with E-state index >= 15 is 0 Å². The summed E-state index contributed by atoms with van der Waals surface area (Å²) in [4.78, 5) is 116. The van der Waals surface area contributed by atoms with Gasteiger partial charge in [-0.1, -0.05) is 122 Å². The second kappa shape index (κ2) is 41.2. The van der Waals surface area contributed by atoms with Gasteiger partial charge in [-0.15, -0.1) is 0 Å². The van der Waals surface area contributed by atoms with E-state index in [-0.39, 0.29) is 87.6 Å². The Morgan fingerprint density at radius 3 is 2.04 bits per heavy atom. The molecule has 3 fully saturated rings. The molecule has 3 N–H and O–H groups in total. The van der Waals surface area contributed by atoms with Crippen LogP contribution in [0.15, 0.2) is 242 Å². The van der Waals surface area contributed by atoms with Crippen LogP contribution in [0.1, 0.15) is 172 Å². The minimum atomic E-state index is -1.15. The van der Waals surface area contributed by atoms with Gasteiger partial charge in [0.25, 0.3) is 17.8 Å². The Kier molecular flexibility index (Phi) is 28.4. The number of fused-ring (bicyclic) bond motifs is 6. The first-order valence-electron chi connectivity index (χ1n) is 45.6. The van der Waals surface area contributed by atoms with Crippen LogP contribution in [0.2, 0.25) is 0 Å². The number of benzene rings is 9. The van der Waals surface area contributed by atoms with E-state index in [0.717, 1.165) is 115 Å². The van der Waals surface area contributed by atoms with Crippen molar-refractivity contribution in [2.45, 2.75) is 136 Å². The number of piperazine rings is 1. The van der Waals surface area contributed by atoms with Gasteiger partial charge in [0.05, 0.1) is 84.0 Å². The van der Waals surface area contributed by atoms with Crippen molar-refractivity contribution in [3.05, 3.63) is 312 Å². The lowest BCUT2D eigenvalue weighted by molar-refractivity contribution is -0.159. The summed E-state index contributed by atoms with van der Waals surface area (Å²) in [5.41, 5.74) is 11.7. The van der Waals surface area contributed by atoms with Gasteiger partial charge in [-0.05, 0) is 228 Å². The molecule has 4 aromatic heterocycles. The SMILES string of the molecule is CCC(C(=O)N1CCN(c2ccc(OC)cc2)CC1)N1N=C(C)C2Cc3ccccc3C2C1=O.CCOC(=O)C1(CCCc2ccccc2)CCCN(C(=O)c2ccc3c(c2)OCO3)C1.COC(=O)c1ccc(C(c2c(O)c3ccccc3oc2=O)c2c(OC)oc3ccccc3c2=O)cc1.Cc1cc(C)c(-c2cc(NC(=O)CCc3nc(C4CC4)n[nH]3)n(-c3ccccc3)n2)cc1C. The first-order chi connectivity index (χ1) is 65.0. The monoisotopic (exact) mass is 1810 g/mol. The maximum Gasteiger partial charge on any atom is 0.344 e. The zero-order valence-electron chi connectivity index (χ0n) is 76.6. The molecule has 0 radical (unpaired) electrons. The van der Waals surface area contributed by atoms with E-state index in [1.807, 2.05) is 117 Å². The molecular formula is C106H109N11O17. The summed E-state index contributed by atoms with van der Waals surface area (Å²) in [5, 5.41) is 33.2. The number of anilines is 2. The third-order valence-corrected chi connectivity index (χ3v) is 25.9. The lowest BCUT2D eigenvalue weighted by atomic mass is 9.75. The predicted molar refractivity (Wildman–Crippen MR) is 509 cm³/mol. The highest BCUT2D eigenvalue weighted by Gasteiger charge is 2.49. The normalized spacial score (nSPS) is 16.8. The number of esters is 2. The number of H-pyrrole nitrogens is 1. The number of amides is 4. The number of carbonyl (C=O) groups is 6. The number of likely N-dealkylation sites (tertiary alicyclic amines) is 1. The van der Waals surface area contributed by atoms with Gasteiger partial charge in [-0.25, -0.2) is 24.3 Å². The minimum absolute atomic E-state index is 0.0000934. The van der Waals surface area contributed by atoms with Crippen LogP contribution in [0.3, 0.4) is 0 Å². The number of aromatic hydroxyl groups is 1. The Bertz CT molecular complexity index is 6640. The molecule has 9 aromatic carbocycles. The van der Waals surface area contributed by atoms with Gasteiger partial charge < -0.3 is 62.4 Å². The number of carbonyl (C=O) groups excluding carboxylic acids is 6. The molecule has 0 spiro atoms. The van der Waals surface area contributed by atoms with Gasteiger partial charge in [-0.3, -0.25) is 33.9 Å². The largest absolute Gasteiger partial charge is 0.507 e. The summed E-state index contributed by atoms with van der Waals surface area (Å²) in [6.45, 7) is 16.4. The number of piperidine rings is 1. The number of nitrogens with zero attached hydrogens (tertiary/aromatic N) is 9. The lowest BCUT2D eigenvalue weighted by Gasteiger charge is -2.41. The van der Waals surface area contributed by atoms with Gasteiger partial charge in [0.1, 0.15) is 40.3 Å². The summed E-state index contributed by atoms with van der Waals surface area (Å²) < 4.78 is 44.9. The lowest BCUT2D eigenvalue weighted by Crippen LogP contribution is -2.56. The highest BCUT2D eigenvalue weighted by molar-refractivity contribution is 6.01. The molecule has 28 heteroatoms. The van der Waals surface area contributed by atoms with E-state index in [2.05, 4.69) is 87.7 Å². The number of hydrogen-bond acceptors (Lipinski definition) is 22. The Hall–Kier alpha value is -15.0. The molecule has 8 heterocycles. The summed E-state index contributed by atoms with van der Waals surface area (Å²) in [6, 6.07) is 66.6. The fraction of sp³-hybridized carbons (Fsp3) is 0.321. The average Bonchev–Trinajstić information content (AvgIpc) is 0.919. The van der Waals surface area contributed by atoms with Crippen LogP contribution in [0, 0.1) is 32.1 Å². The summed E-state index contributed by atoms with van der Waals surface area (Å²) in [7, 11) is 4.27. The standard InChI is InChI=1S/C28H20O8.C27H32N4O3.C26H28N6O.C25H29NO5/c1-33-26(31)16-13-11-15(12-14-16)21(22-24(29)17-7-3-5-9-19(17)35-27(22)32)23-25(30)18-8-4-6-10-20(18)36-28(23)34-2;1-4-24(26(32)30-15-13-29(14-16-30)20-9-11-21(34-3)12-10-20)31-27(33)25-22-8-6-5-7-19(22)17-23(25)18(2)28-31;1-16-13-18(3)21(14-17(16)2)22-15-24(32(31-22)20-7-5-4-6-8-20)28-25(33)12-11-23-27-26(30-29-23)19-9-10-19;1-2-29-24(28)25(13-6-10-19-8-4-3-5-9-19)14-7-15-26(17-25)23(27)20-11-12-21-22(16-20)31-18-30-21/h3-14,21,29H,1-2H3;5-12,23-25H,4,13-17H2,1-3H3;4-8,13-15,19H,9-12H2,1-3H3,(H,28,33)(H,27,29,30);3-5,8-9,11-12,16H,2,6-7,10,13-15,17-18H2,1H3. The number of aromatic amines is 1. The number of aromatic nitrogens is 5. The van der Waals surface area contributed by atoms with E-state index < -0.39 is 34.4 Å². The highest BCUT2D eigenvalue weighted by Crippen LogP contribution is 2.46. The molecule has 5 atom stereocenters. The third kappa shape index (κ3) is 20.1. The third-order valence-electron chi connectivity index (χ3n) is 25.9. The second-order valence-electron chi connectivity index (χ2n) is 34.5. The fourth-order valence-corrected chi connectivity index (χ4v) is 18.5. The summed E-state index contributed by atoms with van der Waals surface area (Å²) >= 11 is 0. The fourth-order valence-electron chi connectivity index (χ4n) is 18.5. The zero-order chi connectivity index (χ0) is 93.8. The quantitative estimate of drug-likeness (QED) is 0.0374. The molecule has 5 unspecified atom stereocenters. The van der Waals surface area contributed by atoms with Crippen molar-refractivity contribution in [3.63, 3.8) is 0 Å². The molecule has 4 aliphatic heterocycles. The Morgan fingerprint density at radius 2 is 1.34 bits per heavy atom. The van der Waals surface area contributed by atoms with Gasteiger partial charge in [0.2, 0.25) is 24.0 Å². The summed E-state index contributed by atoms with van der Waals surface area (Å²) in [5.74, 6) is 2.15. The number of rotatable bonds is 24. The van der Waals surface area contributed by atoms with E-state index in [4.69, 9.17) is 42.4 Å². The van der Waals surface area contributed by atoms with Crippen LogP contribution >= 0.6 is 0 Å². The molecule has 2 aliphatic carbocycles. The van der Waals surface area contributed by atoms with Crippen LogP contribution in [0.5, 0.6) is 28.9 Å². The molecule has 1 saturated carbocycles. The number of para-hydroxylation sites is 3. The first kappa shape index (κ1) is 92.3. The Labute approximate surface area is 775 Å². The highest BCUT2D eigenvalue weighted by atomic mass is 16.7. The predicted octanol–water partition coefficient (Wildman–Crippen LogP) is 17.1. The molecule has 19 rings (SSSR count). The van der Waals surface area contributed by atoms with Crippen LogP contribution in [-0.2, 0) is 47.9 Å². The Balaban J connectivity index is 0.000000130. The molecule has 134 heavy (non-hydrogen) atoms. The maximum atomic E-state index is 13.8. The van der Waals surface area contributed by atoms with Gasteiger partial charge in [0, 0.05) is 92.5 Å².